The van der Waals surface area contributed by atoms with Crippen molar-refractivity contribution in [1.29, 1.82) is 0 Å². The van der Waals surface area contributed by atoms with E-state index < -0.39 is 5.97 Å². The first-order chi connectivity index (χ1) is 7.44. The Balaban J connectivity index is 2.68. The molecule has 0 aromatic heterocycles. The lowest BCUT2D eigenvalue weighted by Gasteiger charge is -2.23. The average Bonchev–Trinajstić information content (AvgIpc) is 2.27. The minimum absolute atomic E-state index is 0.167. The maximum Gasteiger partial charge on any atom is 0.335 e. The molecule has 1 aromatic rings. The van der Waals surface area contributed by atoms with Gasteiger partial charge in [0.15, 0.2) is 0 Å². The molecule has 0 saturated heterocycles. The smallest absolute Gasteiger partial charge is 0.335 e. The van der Waals surface area contributed by atoms with Gasteiger partial charge < -0.3 is 9.84 Å². The Bertz CT molecular complexity index is 369. The fourth-order valence-electron chi connectivity index (χ4n) is 1.17. The van der Waals surface area contributed by atoms with Crippen molar-refractivity contribution < 1.29 is 14.6 Å². The van der Waals surface area contributed by atoms with Crippen molar-refractivity contribution in [1.82, 2.24) is 0 Å². The third-order valence-corrected chi connectivity index (χ3v) is 2.65. The maximum atomic E-state index is 10.8. The van der Waals surface area contributed by atoms with E-state index in [2.05, 4.69) is 6.92 Å². The Morgan fingerprint density at radius 1 is 1.44 bits per heavy atom. The lowest BCUT2D eigenvalue weighted by atomic mass is 10.1. The molecule has 3 nitrogen and oxygen atoms in total. The van der Waals surface area contributed by atoms with E-state index in [0.717, 1.165) is 12.0 Å². The number of carbonyl (C=O) groups is 1. The molecule has 0 unspecified atom stereocenters. The first-order valence-electron chi connectivity index (χ1n) is 5.41. The minimum atomic E-state index is -0.906. The second kappa shape index (κ2) is 5.12. The average molecular weight is 222 g/mol. The number of carboxylic acids is 1. The molecule has 0 aliphatic rings. The normalized spacial score (nSPS) is 11.4. The number of carboxylic acid groups (broad SMARTS) is 1. The first kappa shape index (κ1) is 12.7. The van der Waals surface area contributed by atoms with Crippen molar-refractivity contribution in [2.45, 2.75) is 39.4 Å². The predicted molar refractivity (Wildman–Crippen MR) is 62.6 cm³/mol. The van der Waals surface area contributed by atoms with Gasteiger partial charge in [-0.1, -0.05) is 19.1 Å². The number of hydrogen-bond acceptors (Lipinski definition) is 2. The zero-order valence-electron chi connectivity index (χ0n) is 9.99. The first-order valence-corrected chi connectivity index (χ1v) is 5.41. The highest BCUT2D eigenvalue weighted by atomic mass is 16.5. The van der Waals surface area contributed by atoms with E-state index in [1.165, 1.54) is 0 Å². The summed E-state index contributed by atoms with van der Waals surface area (Å²) in [7, 11) is 0. The Kier molecular flexibility index (Phi) is 4.07. The molecule has 1 aromatic carbocycles. The molecule has 88 valence electrons. The summed E-state index contributed by atoms with van der Waals surface area (Å²) in [5.41, 5.74) is 1.02. The van der Waals surface area contributed by atoms with Crippen LogP contribution in [0.25, 0.3) is 0 Å². The number of rotatable bonds is 5. The number of hydrogen-bond donors (Lipinski definition) is 1. The van der Waals surface area contributed by atoms with Crippen molar-refractivity contribution >= 4 is 5.97 Å². The molecule has 0 atom stereocenters. The van der Waals surface area contributed by atoms with Gasteiger partial charge in [0, 0.05) is 0 Å². The molecule has 0 saturated carbocycles. The lowest BCUT2D eigenvalue weighted by molar-refractivity contribution is -0.0316. The minimum Gasteiger partial charge on any atom is -0.478 e. The Hall–Kier alpha value is -1.35. The van der Waals surface area contributed by atoms with Crippen molar-refractivity contribution in [2.75, 3.05) is 0 Å². The van der Waals surface area contributed by atoms with Gasteiger partial charge in [0.1, 0.15) is 0 Å². The van der Waals surface area contributed by atoms with Crippen LogP contribution >= 0.6 is 0 Å². The third-order valence-electron chi connectivity index (χ3n) is 2.65. The number of aromatic carboxylic acids is 1. The van der Waals surface area contributed by atoms with Crippen molar-refractivity contribution in [3.8, 4) is 0 Å². The summed E-state index contributed by atoms with van der Waals surface area (Å²) in [6.07, 6.45) is 0.922. The summed E-state index contributed by atoms with van der Waals surface area (Å²) in [6.45, 7) is 6.55. The van der Waals surface area contributed by atoms with Crippen LogP contribution in [-0.4, -0.2) is 16.7 Å². The standard InChI is InChI=1S/C13H18O3/c1-4-13(2,3)16-9-10-6-5-7-11(8-10)12(14)15/h5-8H,4,9H2,1-3H3,(H,14,15). The fraction of sp³-hybridized carbons (Fsp3) is 0.462. The molecule has 0 amide bonds. The summed E-state index contributed by atoms with van der Waals surface area (Å²) >= 11 is 0. The maximum absolute atomic E-state index is 10.8. The van der Waals surface area contributed by atoms with Crippen molar-refractivity contribution in [2.24, 2.45) is 0 Å². The molecule has 1 N–H and O–H groups in total. The molecule has 0 spiro atoms. The quantitative estimate of drug-likeness (QED) is 0.832. The van der Waals surface area contributed by atoms with Crippen molar-refractivity contribution in [3.63, 3.8) is 0 Å². The molecular formula is C13H18O3. The van der Waals surface area contributed by atoms with Gasteiger partial charge in [-0.05, 0) is 38.0 Å². The van der Waals surface area contributed by atoms with Crippen LogP contribution in [0.5, 0.6) is 0 Å². The third kappa shape index (κ3) is 3.66. The molecule has 16 heavy (non-hydrogen) atoms. The summed E-state index contributed by atoms with van der Waals surface area (Å²) < 4.78 is 5.71. The van der Waals surface area contributed by atoms with Gasteiger partial charge in [-0.2, -0.15) is 0 Å². The van der Waals surface area contributed by atoms with Gasteiger partial charge in [-0.3, -0.25) is 0 Å². The van der Waals surface area contributed by atoms with E-state index in [1.807, 2.05) is 19.9 Å². The lowest BCUT2D eigenvalue weighted by Crippen LogP contribution is -2.22. The number of benzene rings is 1. The second-order valence-electron chi connectivity index (χ2n) is 4.41. The topological polar surface area (TPSA) is 46.5 Å². The number of ether oxygens (including phenoxy) is 1. The summed E-state index contributed by atoms with van der Waals surface area (Å²) in [5, 5.41) is 8.84. The molecule has 0 bridgehead atoms. The molecule has 0 heterocycles. The zero-order valence-corrected chi connectivity index (χ0v) is 9.99. The van der Waals surface area contributed by atoms with E-state index in [4.69, 9.17) is 9.84 Å². The fourth-order valence-corrected chi connectivity index (χ4v) is 1.17. The molecule has 0 radical (unpaired) electrons. The van der Waals surface area contributed by atoms with Gasteiger partial charge in [0.25, 0.3) is 0 Å². The van der Waals surface area contributed by atoms with Crippen LogP contribution in [0.15, 0.2) is 24.3 Å². The monoisotopic (exact) mass is 222 g/mol. The van der Waals surface area contributed by atoms with Crippen LogP contribution in [0.2, 0.25) is 0 Å². The van der Waals surface area contributed by atoms with Gasteiger partial charge in [-0.15, -0.1) is 0 Å². The van der Waals surface area contributed by atoms with E-state index in [1.54, 1.807) is 18.2 Å². The molecule has 0 aliphatic heterocycles. The SMILES string of the molecule is CCC(C)(C)OCc1cccc(C(=O)O)c1. The van der Waals surface area contributed by atoms with Gasteiger partial charge in [-0.25, -0.2) is 4.79 Å². The Morgan fingerprint density at radius 3 is 2.69 bits per heavy atom. The van der Waals surface area contributed by atoms with Crippen LogP contribution in [0.3, 0.4) is 0 Å². The van der Waals surface area contributed by atoms with Gasteiger partial charge in [0.2, 0.25) is 0 Å². The van der Waals surface area contributed by atoms with Crippen LogP contribution in [-0.2, 0) is 11.3 Å². The van der Waals surface area contributed by atoms with Crippen LogP contribution in [0.1, 0.15) is 43.1 Å². The highest BCUT2D eigenvalue weighted by Crippen LogP contribution is 2.17. The molecule has 3 heteroatoms. The largest absolute Gasteiger partial charge is 0.478 e. The summed E-state index contributed by atoms with van der Waals surface area (Å²) in [5.74, 6) is -0.906. The Labute approximate surface area is 96.1 Å². The highest BCUT2D eigenvalue weighted by molar-refractivity contribution is 5.87. The highest BCUT2D eigenvalue weighted by Gasteiger charge is 2.15. The molecule has 0 fully saturated rings. The van der Waals surface area contributed by atoms with E-state index in [0.29, 0.717) is 12.2 Å². The van der Waals surface area contributed by atoms with Gasteiger partial charge >= 0.3 is 5.97 Å². The Morgan fingerprint density at radius 2 is 2.12 bits per heavy atom. The summed E-state index contributed by atoms with van der Waals surface area (Å²) in [6, 6.07) is 6.84. The molecular weight excluding hydrogens is 204 g/mol. The van der Waals surface area contributed by atoms with E-state index in [-0.39, 0.29) is 5.60 Å². The second-order valence-corrected chi connectivity index (χ2v) is 4.41. The van der Waals surface area contributed by atoms with Gasteiger partial charge in [0.05, 0.1) is 17.8 Å². The zero-order chi connectivity index (χ0) is 12.2. The van der Waals surface area contributed by atoms with Crippen molar-refractivity contribution in [3.05, 3.63) is 35.4 Å². The summed E-state index contributed by atoms with van der Waals surface area (Å²) in [4.78, 5) is 10.8. The van der Waals surface area contributed by atoms with Crippen LogP contribution in [0.4, 0.5) is 0 Å². The predicted octanol–water partition coefficient (Wildman–Crippen LogP) is 3.09. The van der Waals surface area contributed by atoms with Crippen LogP contribution < -0.4 is 0 Å². The van der Waals surface area contributed by atoms with E-state index in [9.17, 15) is 4.79 Å². The van der Waals surface area contributed by atoms with Crippen LogP contribution in [0, 0.1) is 0 Å². The van der Waals surface area contributed by atoms with E-state index >= 15 is 0 Å². The molecule has 0 aliphatic carbocycles. The molecule has 1 rings (SSSR count).